The second-order valence-corrected chi connectivity index (χ2v) is 12.0. The van der Waals surface area contributed by atoms with Gasteiger partial charge in [-0.25, -0.2) is 0 Å². The van der Waals surface area contributed by atoms with Crippen LogP contribution in [0, 0.1) is 0 Å². The Morgan fingerprint density at radius 1 is 1.15 bits per heavy atom. The quantitative estimate of drug-likeness (QED) is 0.450. The molecular formula is C27H28Cl2N4O5S. The van der Waals surface area contributed by atoms with Crippen LogP contribution in [-0.2, 0) is 14.4 Å². The van der Waals surface area contributed by atoms with Gasteiger partial charge in [0.05, 0.1) is 16.9 Å². The van der Waals surface area contributed by atoms with E-state index in [1.807, 2.05) is 4.90 Å². The summed E-state index contributed by atoms with van der Waals surface area (Å²) < 4.78 is 5.45. The summed E-state index contributed by atoms with van der Waals surface area (Å²) in [6.45, 7) is 0.481. The standard InChI is InChI=1S/C27H28Cl2N4O5S/c28-17-4-7-22(19(29)12-17)38-15-23(35)31-18-5-2-16(3-6-18)21(34)14-32-10-1-9-27(32)13-24-33(26(27)37)20(25(30)36)8-11-39-24/h2-7,12,20,24H,1,8-11,13-15H2,(H2,30,36)(H,31,35)/t20-,24-,27-/m1/s1. The molecule has 2 aromatic rings. The third-order valence-electron chi connectivity index (χ3n) is 7.52. The Morgan fingerprint density at radius 3 is 2.64 bits per heavy atom. The van der Waals surface area contributed by atoms with Crippen LogP contribution in [-0.4, -0.2) is 75.7 Å². The van der Waals surface area contributed by atoms with E-state index in [0.717, 1.165) is 12.2 Å². The van der Waals surface area contributed by atoms with Crippen molar-refractivity contribution in [3.8, 4) is 5.75 Å². The molecule has 3 atom stereocenters. The first kappa shape index (κ1) is 27.8. The van der Waals surface area contributed by atoms with E-state index in [1.165, 1.54) is 6.07 Å². The molecule has 0 bridgehead atoms. The molecule has 0 aliphatic carbocycles. The molecule has 0 saturated carbocycles. The fourth-order valence-electron chi connectivity index (χ4n) is 5.64. The van der Waals surface area contributed by atoms with Gasteiger partial charge in [-0.1, -0.05) is 23.2 Å². The minimum absolute atomic E-state index is 0.0889. The van der Waals surface area contributed by atoms with Crippen LogP contribution in [0.1, 0.15) is 36.0 Å². The minimum atomic E-state index is -0.772. The fraction of sp³-hybridized carbons (Fsp3) is 0.407. The van der Waals surface area contributed by atoms with E-state index in [1.54, 1.807) is 53.1 Å². The monoisotopic (exact) mass is 590 g/mol. The number of hydrogen-bond donors (Lipinski definition) is 2. The van der Waals surface area contributed by atoms with E-state index in [-0.39, 0.29) is 36.1 Å². The number of ether oxygens (including phenoxy) is 1. The maximum Gasteiger partial charge on any atom is 0.262 e. The number of hydrogen-bond acceptors (Lipinski definition) is 7. The predicted molar refractivity (Wildman–Crippen MR) is 150 cm³/mol. The summed E-state index contributed by atoms with van der Waals surface area (Å²) in [5.41, 5.74) is 5.83. The number of nitrogens with zero attached hydrogens (tertiary/aromatic N) is 2. The summed E-state index contributed by atoms with van der Waals surface area (Å²) in [5.74, 6) is 0.0558. The van der Waals surface area contributed by atoms with E-state index in [2.05, 4.69) is 5.32 Å². The van der Waals surface area contributed by atoms with Gasteiger partial charge in [-0.05, 0) is 74.0 Å². The molecule has 3 aliphatic rings. The number of amides is 3. The predicted octanol–water partition coefficient (Wildman–Crippen LogP) is 3.58. The van der Waals surface area contributed by atoms with Crippen molar-refractivity contribution < 1.29 is 23.9 Å². The number of carbonyl (C=O) groups excluding carboxylic acids is 4. The Hall–Kier alpha value is -2.79. The third-order valence-corrected chi connectivity index (χ3v) is 9.30. The number of nitrogens with two attached hydrogens (primary N) is 1. The van der Waals surface area contributed by atoms with Crippen molar-refractivity contribution in [2.75, 3.05) is 30.8 Å². The lowest BCUT2D eigenvalue weighted by Crippen LogP contribution is -2.56. The van der Waals surface area contributed by atoms with Gasteiger partial charge in [-0.15, -0.1) is 11.8 Å². The van der Waals surface area contributed by atoms with Gasteiger partial charge in [-0.3, -0.25) is 24.1 Å². The Morgan fingerprint density at radius 2 is 1.92 bits per heavy atom. The average molecular weight is 592 g/mol. The Bertz CT molecular complexity index is 1310. The second-order valence-electron chi connectivity index (χ2n) is 9.92. The van der Waals surface area contributed by atoms with Crippen molar-refractivity contribution in [1.82, 2.24) is 9.80 Å². The molecule has 39 heavy (non-hydrogen) atoms. The molecule has 206 valence electrons. The molecule has 3 saturated heterocycles. The lowest BCUT2D eigenvalue weighted by Gasteiger charge is -2.36. The SMILES string of the molecule is NC(=O)[C@H]1CCS[C@@H]2C[C@]3(CCCN3CC(=O)c3ccc(NC(=O)COc4ccc(Cl)cc4Cl)cc3)C(=O)N12. The largest absolute Gasteiger partial charge is 0.482 e. The van der Waals surface area contributed by atoms with Crippen molar-refractivity contribution in [3.63, 3.8) is 0 Å². The van der Waals surface area contributed by atoms with Crippen LogP contribution in [0.3, 0.4) is 0 Å². The number of halogens is 2. The third kappa shape index (κ3) is 5.61. The van der Waals surface area contributed by atoms with E-state index in [0.29, 0.717) is 52.9 Å². The molecule has 0 aromatic heterocycles. The van der Waals surface area contributed by atoms with Gasteiger partial charge in [0.2, 0.25) is 11.8 Å². The van der Waals surface area contributed by atoms with Crippen LogP contribution in [0.5, 0.6) is 5.75 Å². The van der Waals surface area contributed by atoms with Crippen molar-refractivity contribution in [1.29, 1.82) is 0 Å². The molecule has 1 spiro atoms. The van der Waals surface area contributed by atoms with E-state index in [9.17, 15) is 19.2 Å². The molecule has 3 heterocycles. The van der Waals surface area contributed by atoms with E-state index >= 15 is 0 Å². The molecule has 0 radical (unpaired) electrons. The first-order chi connectivity index (χ1) is 18.7. The first-order valence-corrected chi connectivity index (χ1v) is 14.5. The maximum atomic E-state index is 13.6. The van der Waals surface area contributed by atoms with Crippen LogP contribution in [0.25, 0.3) is 0 Å². The molecule has 3 amide bonds. The Balaban J connectivity index is 1.19. The number of likely N-dealkylation sites (tertiary alicyclic amines) is 1. The Kier molecular flexibility index (Phi) is 8.09. The van der Waals surface area contributed by atoms with E-state index in [4.69, 9.17) is 33.7 Å². The average Bonchev–Trinajstić information content (AvgIpc) is 3.43. The van der Waals surface area contributed by atoms with Crippen LogP contribution in [0.4, 0.5) is 5.69 Å². The summed E-state index contributed by atoms with van der Waals surface area (Å²) in [4.78, 5) is 54.8. The Labute approximate surface area is 240 Å². The van der Waals surface area contributed by atoms with Crippen molar-refractivity contribution in [3.05, 3.63) is 58.1 Å². The van der Waals surface area contributed by atoms with Gasteiger partial charge in [-0.2, -0.15) is 0 Å². The van der Waals surface area contributed by atoms with Gasteiger partial charge in [0, 0.05) is 22.7 Å². The smallest absolute Gasteiger partial charge is 0.262 e. The summed E-state index contributed by atoms with van der Waals surface area (Å²) in [7, 11) is 0. The first-order valence-electron chi connectivity index (χ1n) is 12.7. The van der Waals surface area contributed by atoms with Crippen LogP contribution < -0.4 is 15.8 Å². The highest BCUT2D eigenvalue weighted by Gasteiger charge is 2.60. The normalized spacial score (nSPS) is 24.6. The van der Waals surface area contributed by atoms with Crippen LogP contribution >= 0.6 is 35.0 Å². The number of anilines is 1. The fourth-order valence-corrected chi connectivity index (χ4v) is 7.53. The zero-order valence-electron chi connectivity index (χ0n) is 21.0. The number of primary amides is 1. The highest BCUT2D eigenvalue weighted by molar-refractivity contribution is 7.99. The number of fused-ring (bicyclic) bond motifs is 1. The molecule has 3 fully saturated rings. The summed E-state index contributed by atoms with van der Waals surface area (Å²) in [6, 6.07) is 10.7. The van der Waals surface area contributed by atoms with Crippen molar-refractivity contribution in [2.45, 2.75) is 42.6 Å². The molecule has 12 heteroatoms. The molecule has 0 unspecified atom stereocenters. The molecule has 2 aromatic carbocycles. The van der Waals surface area contributed by atoms with Gasteiger partial charge >= 0.3 is 0 Å². The molecule has 3 aliphatic heterocycles. The van der Waals surface area contributed by atoms with Crippen molar-refractivity contribution >= 4 is 64.2 Å². The number of thioether (sulfide) groups is 1. The summed E-state index contributed by atoms with van der Waals surface area (Å²) in [6.07, 6.45) is 2.61. The maximum absolute atomic E-state index is 13.6. The highest BCUT2D eigenvalue weighted by atomic mass is 35.5. The number of benzene rings is 2. The highest BCUT2D eigenvalue weighted by Crippen LogP contribution is 2.47. The number of Topliss-reactive ketones (excluding diaryl/α,β-unsaturated/α-hetero) is 1. The second kappa shape index (κ2) is 11.4. The number of rotatable bonds is 8. The van der Waals surface area contributed by atoms with Crippen LogP contribution in [0.2, 0.25) is 10.0 Å². The van der Waals surface area contributed by atoms with Gasteiger partial charge in [0.1, 0.15) is 17.3 Å². The lowest BCUT2D eigenvalue weighted by atomic mass is 9.93. The lowest BCUT2D eigenvalue weighted by molar-refractivity contribution is -0.143. The molecule has 9 nitrogen and oxygen atoms in total. The number of ketones is 1. The van der Waals surface area contributed by atoms with Gasteiger partial charge in [0.25, 0.3) is 5.91 Å². The summed E-state index contributed by atoms with van der Waals surface area (Å²) >= 11 is 13.6. The van der Waals surface area contributed by atoms with Gasteiger partial charge in [0.15, 0.2) is 12.4 Å². The molecule has 5 rings (SSSR count). The number of carbonyl (C=O) groups is 4. The summed E-state index contributed by atoms with van der Waals surface area (Å²) in [5, 5.41) is 3.40. The minimum Gasteiger partial charge on any atom is -0.482 e. The van der Waals surface area contributed by atoms with Crippen molar-refractivity contribution in [2.24, 2.45) is 5.73 Å². The van der Waals surface area contributed by atoms with Gasteiger partial charge < -0.3 is 20.7 Å². The topological polar surface area (TPSA) is 122 Å². The number of nitrogens with one attached hydrogen (secondary N) is 1. The van der Waals surface area contributed by atoms with Crippen LogP contribution in [0.15, 0.2) is 42.5 Å². The zero-order valence-corrected chi connectivity index (χ0v) is 23.4. The molecular weight excluding hydrogens is 563 g/mol. The molecule has 3 N–H and O–H groups in total. The zero-order chi connectivity index (χ0) is 27.7. The van der Waals surface area contributed by atoms with E-state index < -0.39 is 17.5 Å².